The molecule has 1 fully saturated rings. The van der Waals surface area contributed by atoms with Gasteiger partial charge in [0.1, 0.15) is 0 Å². The van der Waals surface area contributed by atoms with Gasteiger partial charge in [0.05, 0.1) is 6.61 Å². The first-order chi connectivity index (χ1) is 5.17. The molecule has 4 heteroatoms. The lowest BCUT2D eigenvalue weighted by atomic mass is 9.82. The van der Waals surface area contributed by atoms with E-state index in [1.54, 1.807) is 0 Å². The van der Waals surface area contributed by atoms with Gasteiger partial charge in [-0.15, -0.1) is 0 Å². The second kappa shape index (κ2) is 3.11. The Bertz CT molecular complexity index is 184. The van der Waals surface area contributed by atoms with E-state index in [1.165, 1.54) is 0 Å². The molecule has 1 rings (SSSR count). The average molecular weight is 155 g/mol. The Morgan fingerprint density at radius 2 is 2.36 bits per heavy atom. The molecule has 0 spiro atoms. The molecule has 0 aromatic heterocycles. The third kappa shape index (κ3) is 1.85. The molecule has 1 heterocycles. The van der Waals surface area contributed by atoms with Crippen molar-refractivity contribution in [1.82, 2.24) is 0 Å². The molecule has 1 saturated heterocycles. The van der Waals surface area contributed by atoms with Gasteiger partial charge < -0.3 is 4.74 Å². The Labute approximate surface area is 66.2 Å². The largest absolute Gasteiger partial charge is 0.381 e. The predicted molar refractivity (Wildman–Crippen MR) is 42.2 cm³/mol. The van der Waals surface area contributed by atoms with Crippen molar-refractivity contribution < 1.29 is 4.74 Å². The van der Waals surface area contributed by atoms with Crippen molar-refractivity contribution in [3.05, 3.63) is 10.4 Å². The van der Waals surface area contributed by atoms with Crippen molar-refractivity contribution >= 4 is 0 Å². The van der Waals surface area contributed by atoms with Crippen LogP contribution >= 0.6 is 0 Å². The lowest BCUT2D eigenvalue weighted by Crippen LogP contribution is -2.37. The lowest BCUT2D eigenvalue weighted by Gasteiger charge is -2.35. The van der Waals surface area contributed by atoms with Crippen molar-refractivity contribution in [1.29, 1.82) is 0 Å². The quantitative estimate of drug-likeness (QED) is 0.325. The van der Waals surface area contributed by atoms with E-state index < -0.39 is 0 Å². The SMILES string of the molecule is CC1(C)COCCC1N=[N+]=[N-]. The standard InChI is InChI=1S/C7H13N3O/c1-7(2)5-11-4-3-6(7)9-10-8/h6H,3-5H2,1-2H3. The first-order valence-corrected chi connectivity index (χ1v) is 3.79. The maximum Gasteiger partial charge on any atom is 0.0521 e. The summed E-state index contributed by atoms with van der Waals surface area (Å²) in [6.07, 6.45) is 0.844. The van der Waals surface area contributed by atoms with Gasteiger partial charge in [0.25, 0.3) is 0 Å². The highest BCUT2D eigenvalue weighted by molar-refractivity contribution is 4.86. The van der Waals surface area contributed by atoms with E-state index in [0.29, 0.717) is 13.2 Å². The Morgan fingerprint density at radius 3 is 2.91 bits per heavy atom. The van der Waals surface area contributed by atoms with Crippen molar-refractivity contribution in [2.45, 2.75) is 26.3 Å². The molecule has 62 valence electrons. The molecule has 1 unspecified atom stereocenters. The first-order valence-electron chi connectivity index (χ1n) is 3.79. The monoisotopic (exact) mass is 155 g/mol. The predicted octanol–water partition coefficient (Wildman–Crippen LogP) is 2.11. The summed E-state index contributed by atoms with van der Waals surface area (Å²) in [5.74, 6) is 0. The summed E-state index contributed by atoms with van der Waals surface area (Å²) < 4.78 is 5.28. The topological polar surface area (TPSA) is 58.0 Å². The van der Waals surface area contributed by atoms with Crippen LogP contribution in [0.1, 0.15) is 20.3 Å². The van der Waals surface area contributed by atoms with E-state index in [-0.39, 0.29) is 11.5 Å². The third-order valence-electron chi connectivity index (χ3n) is 2.10. The summed E-state index contributed by atoms with van der Waals surface area (Å²) in [5.41, 5.74) is 8.27. The summed E-state index contributed by atoms with van der Waals surface area (Å²) in [5, 5.41) is 3.74. The number of hydrogen-bond acceptors (Lipinski definition) is 2. The maximum atomic E-state index is 8.27. The molecule has 1 aliphatic heterocycles. The number of rotatable bonds is 1. The van der Waals surface area contributed by atoms with E-state index in [9.17, 15) is 0 Å². The second-order valence-electron chi connectivity index (χ2n) is 3.55. The van der Waals surface area contributed by atoms with Gasteiger partial charge in [-0.2, -0.15) is 0 Å². The molecule has 4 nitrogen and oxygen atoms in total. The maximum absolute atomic E-state index is 8.27. The van der Waals surface area contributed by atoms with Crippen LogP contribution < -0.4 is 0 Å². The molecule has 0 radical (unpaired) electrons. The van der Waals surface area contributed by atoms with E-state index in [2.05, 4.69) is 23.9 Å². The molecule has 11 heavy (non-hydrogen) atoms. The number of hydrogen-bond donors (Lipinski definition) is 0. The summed E-state index contributed by atoms with van der Waals surface area (Å²) in [4.78, 5) is 2.82. The third-order valence-corrected chi connectivity index (χ3v) is 2.10. The first kappa shape index (κ1) is 8.37. The molecule has 0 amide bonds. The van der Waals surface area contributed by atoms with Crippen LogP contribution in [0.2, 0.25) is 0 Å². The van der Waals surface area contributed by atoms with Gasteiger partial charge in [-0.05, 0) is 17.4 Å². The normalized spacial score (nSPS) is 29.1. The highest BCUT2D eigenvalue weighted by Crippen LogP contribution is 2.29. The fraction of sp³-hybridized carbons (Fsp3) is 1.00. The van der Waals surface area contributed by atoms with Crippen molar-refractivity contribution in [2.24, 2.45) is 10.5 Å². The minimum atomic E-state index is 0.00444. The van der Waals surface area contributed by atoms with Gasteiger partial charge in [-0.1, -0.05) is 19.0 Å². The zero-order valence-corrected chi connectivity index (χ0v) is 6.95. The average Bonchev–Trinajstić information content (AvgIpc) is 1.94. The van der Waals surface area contributed by atoms with Crippen LogP contribution in [0.25, 0.3) is 10.4 Å². The summed E-state index contributed by atoms with van der Waals surface area (Å²) >= 11 is 0. The Morgan fingerprint density at radius 1 is 1.64 bits per heavy atom. The van der Waals surface area contributed by atoms with Crippen LogP contribution in [-0.4, -0.2) is 19.3 Å². The van der Waals surface area contributed by atoms with Gasteiger partial charge in [0.15, 0.2) is 0 Å². The fourth-order valence-corrected chi connectivity index (χ4v) is 1.29. The highest BCUT2D eigenvalue weighted by atomic mass is 16.5. The number of azide groups is 1. The Balaban J connectivity index is 2.66. The second-order valence-corrected chi connectivity index (χ2v) is 3.55. The smallest absolute Gasteiger partial charge is 0.0521 e. The van der Waals surface area contributed by atoms with E-state index in [1.807, 2.05) is 0 Å². The molecule has 0 N–H and O–H groups in total. The van der Waals surface area contributed by atoms with Crippen molar-refractivity contribution in [3.63, 3.8) is 0 Å². The molecule has 0 aromatic rings. The summed E-state index contributed by atoms with van der Waals surface area (Å²) in [7, 11) is 0. The van der Waals surface area contributed by atoms with Crippen LogP contribution in [-0.2, 0) is 4.74 Å². The molecule has 0 aromatic carbocycles. The number of ether oxygens (including phenoxy) is 1. The molecule has 0 bridgehead atoms. The zero-order valence-electron chi connectivity index (χ0n) is 6.95. The van der Waals surface area contributed by atoms with Crippen LogP contribution in [0.5, 0.6) is 0 Å². The van der Waals surface area contributed by atoms with Gasteiger partial charge in [-0.25, -0.2) is 0 Å². The molecule has 0 saturated carbocycles. The van der Waals surface area contributed by atoms with Gasteiger partial charge in [0.2, 0.25) is 0 Å². The molecule has 1 aliphatic rings. The zero-order chi connectivity index (χ0) is 8.32. The van der Waals surface area contributed by atoms with Crippen molar-refractivity contribution in [3.8, 4) is 0 Å². The Kier molecular flexibility index (Phi) is 2.37. The van der Waals surface area contributed by atoms with Crippen LogP contribution in [0.4, 0.5) is 0 Å². The van der Waals surface area contributed by atoms with Gasteiger partial charge >= 0.3 is 0 Å². The summed E-state index contributed by atoms with van der Waals surface area (Å²) in [6, 6.07) is 0.0984. The van der Waals surface area contributed by atoms with E-state index in [4.69, 9.17) is 10.3 Å². The minimum Gasteiger partial charge on any atom is -0.381 e. The van der Waals surface area contributed by atoms with Crippen LogP contribution in [0.3, 0.4) is 0 Å². The van der Waals surface area contributed by atoms with Crippen molar-refractivity contribution in [2.75, 3.05) is 13.2 Å². The van der Waals surface area contributed by atoms with Gasteiger partial charge in [-0.3, -0.25) is 0 Å². The van der Waals surface area contributed by atoms with E-state index in [0.717, 1.165) is 6.42 Å². The van der Waals surface area contributed by atoms with Crippen LogP contribution in [0.15, 0.2) is 5.11 Å². The molecule has 0 aliphatic carbocycles. The molecule has 1 atom stereocenters. The van der Waals surface area contributed by atoms with Gasteiger partial charge in [0, 0.05) is 17.6 Å². The summed E-state index contributed by atoms with van der Waals surface area (Å²) in [6.45, 7) is 5.53. The van der Waals surface area contributed by atoms with Crippen LogP contribution in [0, 0.1) is 5.41 Å². The molecular weight excluding hydrogens is 142 g/mol. The number of nitrogens with zero attached hydrogens (tertiary/aromatic N) is 3. The minimum absolute atomic E-state index is 0.00444. The molecular formula is C7H13N3O. The van der Waals surface area contributed by atoms with E-state index >= 15 is 0 Å². The fourth-order valence-electron chi connectivity index (χ4n) is 1.29. The lowest BCUT2D eigenvalue weighted by molar-refractivity contribution is -0.00189. The highest BCUT2D eigenvalue weighted by Gasteiger charge is 2.31. The Hall–Kier alpha value is -0.730.